The molecule has 0 saturated carbocycles. The number of ether oxygens (including phenoxy) is 2. The van der Waals surface area contributed by atoms with Crippen LogP contribution < -0.4 is 0 Å². The molecular weight excluding hydrogens is 402 g/mol. The van der Waals surface area contributed by atoms with Gasteiger partial charge in [0.1, 0.15) is 11.9 Å². The molecular formula is C21H29N5O5. The molecule has 31 heavy (non-hydrogen) atoms. The topological polar surface area (TPSA) is 105 Å². The molecule has 10 heteroatoms. The summed E-state index contributed by atoms with van der Waals surface area (Å²) in [6, 6.07) is -0.274. The Balaban J connectivity index is 1.51. The lowest BCUT2D eigenvalue weighted by Crippen LogP contribution is -2.58. The Hall–Kier alpha value is -2.59. The zero-order valence-corrected chi connectivity index (χ0v) is 18.0. The molecule has 4 rings (SSSR count). The van der Waals surface area contributed by atoms with E-state index in [1.54, 1.807) is 9.80 Å². The summed E-state index contributed by atoms with van der Waals surface area (Å²) in [6.45, 7) is 6.87. The van der Waals surface area contributed by atoms with Gasteiger partial charge in [0.2, 0.25) is 0 Å². The molecule has 4 heterocycles. The van der Waals surface area contributed by atoms with E-state index in [1.807, 2.05) is 13.8 Å². The molecule has 0 aromatic carbocycles. The van der Waals surface area contributed by atoms with Crippen molar-refractivity contribution in [3.63, 3.8) is 0 Å². The molecule has 3 saturated heterocycles. The fraction of sp³-hybridized carbons (Fsp3) is 0.667. The van der Waals surface area contributed by atoms with Gasteiger partial charge in [-0.25, -0.2) is 14.8 Å². The van der Waals surface area contributed by atoms with Crippen molar-refractivity contribution in [3.8, 4) is 0 Å². The van der Waals surface area contributed by atoms with Gasteiger partial charge in [0.05, 0.1) is 38.0 Å². The van der Waals surface area contributed by atoms with Crippen molar-refractivity contribution >= 4 is 17.8 Å². The Morgan fingerprint density at radius 1 is 1.19 bits per heavy atom. The molecule has 10 nitrogen and oxygen atoms in total. The predicted molar refractivity (Wildman–Crippen MR) is 109 cm³/mol. The van der Waals surface area contributed by atoms with E-state index >= 15 is 0 Å². The highest BCUT2D eigenvalue weighted by molar-refractivity contribution is 6.07. The normalized spacial score (nSPS) is 23.8. The van der Waals surface area contributed by atoms with E-state index in [9.17, 15) is 14.4 Å². The third-order valence-electron chi connectivity index (χ3n) is 6.13. The van der Waals surface area contributed by atoms with Crippen LogP contribution in [0.4, 0.5) is 4.79 Å². The first-order valence-corrected chi connectivity index (χ1v) is 10.8. The van der Waals surface area contributed by atoms with Crippen molar-refractivity contribution in [2.45, 2.75) is 38.3 Å². The zero-order valence-electron chi connectivity index (χ0n) is 18.0. The predicted octanol–water partition coefficient (Wildman–Crippen LogP) is 0.787. The summed E-state index contributed by atoms with van der Waals surface area (Å²) in [5, 5.41) is 0. The Labute approximate surface area is 181 Å². The van der Waals surface area contributed by atoms with Crippen LogP contribution in [-0.2, 0) is 14.3 Å². The number of hydrogen-bond donors (Lipinski definition) is 0. The van der Waals surface area contributed by atoms with Crippen molar-refractivity contribution in [3.05, 3.63) is 24.3 Å². The largest absolute Gasteiger partial charge is 0.376 e. The summed E-state index contributed by atoms with van der Waals surface area (Å²) in [5.74, 6) is -0.140. The highest BCUT2D eigenvalue weighted by Gasteiger charge is 2.58. The van der Waals surface area contributed by atoms with Gasteiger partial charge in [-0.15, -0.1) is 0 Å². The second-order valence-electron chi connectivity index (χ2n) is 8.72. The van der Waals surface area contributed by atoms with Crippen molar-refractivity contribution in [2.24, 2.45) is 5.92 Å². The molecule has 1 spiro atoms. The molecule has 3 aliphatic heterocycles. The fourth-order valence-electron chi connectivity index (χ4n) is 4.56. The van der Waals surface area contributed by atoms with Gasteiger partial charge in [0, 0.05) is 32.0 Å². The maximum absolute atomic E-state index is 13.5. The third-order valence-corrected chi connectivity index (χ3v) is 6.13. The highest BCUT2D eigenvalue weighted by atomic mass is 16.6. The Bertz CT molecular complexity index is 819. The van der Waals surface area contributed by atoms with Gasteiger partial charge in [0.25, 0.3) is 11.8 Å². The summed E-state index contributed by atoms with van der Waals surface area (Å²) in [6.07, 6.45) is 4.86. The second-order valence-corrected chi connectivity index (χ2v) is 8.72. The minimum Gasteiger partial charge on any atom is -0.376 e. The van der Waals surface area contributed by atoms with Gasteiger partial charge in [-0.1, -0.05) is 13.8 Å². The van der Waals surface area contributed by atoms with Crippen molar-refractivity contribution in [1.29, 1.82) is 0 Å². The summed E-state index contributed by atoms with van der Waals surface area (Å²) in [7, 11) is 0. The van der Waals surface area contributed by atoms with E-state index in [0.717, 1.165) is 0 Å². The summed E-state index contributed by atoms with van der Waals surface area (Å²) in [5.41, 5.74) is -0.497. The number of hydrogen-bond acceptors (Lipinski definition) is 7. The first kappa shape index (κ1) is 21.6. The molecule has 1 unspecified atom stereocenters. The highest BCUT2D eigenvalue weighted by Crippen LogP contribution is 2.38. The average molecular weight is 431 g/mol. The lowest BCUT2D eigenvalue weighted by molar-refractivity contribution is -0.139. The summed E-state index contributed by atoms with van der Waals surface area (Å²) < 4.78 is 11.1. The molecule has 0 aliphatic carbocycles. The van der Waals surface area contributed by atoms with Crippen LogP contribution in [-0.4, -0.2) is 100 Å². The van der Waals surface area contributed by atoms with Crippen LogP contribution in [0.25, 0.3) is 0 Å². The number of piperidine rings is 1. The van der Waals surface area contributed by atoms with Crippen LogP contribution in [0, 0.1) is 5.92 Å². The maximum Gasteiger partial charge on any atom is 0.327 e. The quantitative estimate of drug-likeness (QED) is 0.635. The molecule has 168 valence electrons. The number of carbonyl (C=O) groups excluding carboxylic acids is 3. The molecule has 3 aliphatic rings. The molecule has 1 aromatic rings. The Morgan fingerprint density at radius 2 is 1.90 bits per heavy atom. The van der Waals surface area contributed by atoms with Gasteiger partial charge in [-0.2, -0.15) is 0 Å². The summed E-state index contributed by atoms with van der Waals surface area (Å²) >= 11 is 0. The van der Waals surface area contributed by atoms with E-state index in [1.165, 1.54) is 23.6 Å². The Kier molecular flexibility index (Phi) is 6.19. The lowest BCUT2D eigenvalue weighted by atomic mass is 9.85. The van der Waals surface area contributed by atoms with Gasteiger partial charge in [0.15, 0.2) is 0 Å². The first-order chi connectivity index (χ1) is 14.9. The van der Waals surface area contributed by atoms with Crippen molar-refractivity contribution in [1.82, 2.24) is 24.7 Å². The van der Waals surface area contributed by atoms with Crippen LogP contribution in [0.5, 0.6) is 0 Å². The zero-order chi connectivity index (χ0) is 22.0. The summed E-state index contributed by atoms with van der Waals surface area (Å²) in [4.78, 5) is 52.2. The van der Waals surface area contributed by atoms with Crippen LogP contribution in [0.15, 0.2) is 18.7 Å². The standard InChI is InChI=1S/C21H29N5O5/c1-15(2)11-26-20(29)25(12-17-13-30-7-8-31-17)19(28)21(26)3-5-24(6-4-21)18(27)16-9-22-14-23-10-16/h9-10,14-15,17H,3-8,11-13H2,1-2H3. The van der Waals surface area contributed by atoms with Crippen LogP contribution in [0.2, 0.25) is 0 Å². The van der Waals surface area contributed by atoms with Crippen molar-refractivity contribution < 1.29 is 23.9 Å². The van der Waals surface area contributed by atoms with Gasteiger partial charge < -0.3 is 19.3 Å². The van der Waals surface area contributed by atoms with E-state index < -0.39 is 5.54 Å². The number of carbonyl (C=O) groups is 3. The van der Waals surface area contributed by atoms with Crippen LogP contribution >= 0.6 is 0 Å². The second kappa shape index (κ2) is 8.88. The molecule has 1 aromatic heterocycles. The molecule has 1 atom stereocenters. The average Bonchev–Trinajstić information content (AvgIpc) is 2.97. The fourth-order valence-corrected chi connectivity index (χ4v) is 4.56. The van der Waals surface area contributed by atoms with E-state index in [4.69, 9.17) is 9.47 Å². The molecule has 0 radical (unpaired) electrons. The van der Waals surface area contributed by atoms with Gasteiger partial charge >= 0.3 is 6.03 Å². The maximum atomic E-state index is 13.5. The first-order valence-electron chi connectivity index (χ1n) is 10.8. The minimum absolute atomic E-state index is 0.160. The SMILES string of the molecule is CC(C)CN1C(=O)N(CC2COCCO2)C(=O)C12CCN(C(=O)c1cncnc1)CC2. The number of likely N-dealkylation sites (tertiary alicyclic amines) is 1. The van der Waals surface area contributed by atoms with E-state index in [-0.39, 0.29) is 36.4 Å². The van der Waals surface area contributed by atoms with Crippen molar-refractivity contribution in [2.75, 3.05) is 46.0 Å². The molecule has 4 amide bonds. The third kappa shape index (κ3) is 4.14. The number of aromatic nitrogens is 2. The van der Waals surface area contributed by atoms with E-state index in [2.05, 4.69) is 9.97 Å². The lowest BCUT2D eigenvalue weighted by Gasteiger charge is -2.42. The number of nitrogens with zero attached hydrogens (tertiary/aromatic N) is 5. The molecule has 0 bridgehead atoms. The minimum atomic E-state index is -0.916. The van der Waals surface area contributed by atoms with E-state index in [0.29, 0.717) is 57.9 Å². The van der Waals surface area contributed by atoms with Gasteiger partial charge in [-0.3, -0.25) is 14.5 Å². The number of urea groups is 1. The number of rotatable bonds is 5. The molecule has 0 N–H and O–H groups in total. The van der Waals surface area contributed by atoms with Crippen LogP contribution in [0.1, 0.15) is 37.0 Å². The number of amides is 4. The Morgan fingerprint density at radius 3 is 2.52 bits per heavy atom. The smallest absolute Gasteiger partial charge is 0.327 e. The number of imide groups is 1. The van der Waals surface area contributed by atoms with Gasteiger partial charge in [-0.05, 0) is 18.8 Å². The molecule has 3 fully saturated rings. The van der Waals surface area contributed by atoms with Crippen LogP contribution in [0.3, 0.4) is 0 Å². The monoisotopic (exact) mass is 431 g/mol.